The third-order valence-corrected chi connectivity index (χ3v) is 2.22. The van der Waals surface area contributed by atoms with Gasteiger partial charge >= 0.3 is 0 Å². The van der Waals surface area contributed by atoms with Gasteiger partial charge in [0.2, 0.25) is 0 Å². The topological polar surface area (TPSA) is 17.1 Å². The van der Waals surface area contributed by atoms with Crippen LogP contribution in [-0.4, -0.2) is 5.78 Å². The first-order chi connectivity index (χ1) is 5.91. The van der Waals surface area contributed by atoms with Crippen LogP contribution >= 0.6 is 0 Å². The lowest BCUT2D eigenvalue weighted by atomic mass is 9.79. The number of ketones is 1. The first-order valence-corrected chi connectivity index (χ1v) is 5.11. The minimum Gasteiger partial charge on any atom is -0.299 e. The molecule has 1 heteroatoms. The van der Waals surface area contributed by atoms with E-state index in [1.165, 1.54) is 0 Å². The molecule has 0 heterocycles. The highest BCUT2D eigenvalue weighted by atomic mass is 16.1. The van der Waals surface area contributed by atoms with E-state index in [9.17, 15) is 4.79 Å². The van der Waals surface area contributed by atoms with Crippen LogP contribution in [0.2, 0.25) is 0 Å². The quantitative estimate of drug-likeness (QED) is 0.604. The minimum atomic E-state index is -0.195. The number of rotatable bonds is 5. The Balaban J connectivity index is 0. The zero-order chi connectivity index (χ0) is 10.5. The Kier molecular flexibility index (Phi) is 7.71. The van der Waals surface area contributed by atoms with Gasteiger partial charge in [-0.25, -0.2) is 0 Å². The van der Waals surface area contributed by atoms with Crippen molar-refractivity contribution in [3.05, 3.63) is 12.2 Å². The summed E-state index contributed by atoms with van der Waals surface area (Å²) in [6.07, 6.45) is 6.14. The summed E-state index contributed by atoms with van der Waals surface area (Å²) in [4.78, 5) is 11.7. The van der Waals surface area contributed by atoms with E-state index in [2.05, 4.69) is 19.1 Å². The van der Waals surface area contributed by atoms with Gasteiger partial charge in [0.15, 0.2) is 0 Å². The van der Waals surface area contributed by atoms with E-state index in [1.807, 2.05) is 27.7 Å². The number of carbonyl (C=O) groups is 1. The first-order valence-electron chi connectivity index (χ1n) is 5.11. The third-order valence-electron chi connectivity index (χ3n) is 2.22. The maximum atomic E-state index is 11.7. The van der Waals surface area contributed by atoms with Crippen LogP contribution in [0.3, 0.4) is 0 Å². The standard InChI is InChI=1S/C12H22O.CH4/c1-6-7-8-9-12(4,5)11(13)10(2)3;/h7-8,10H,6,9H2,1-5H3;1H4/b8-7-;. The van der Waals surface area contributed by atoms with E-state index < -0.39 is 0 Å². The summed E-state index contributed by atoms with van der Waals surface area (Å²) in [5, 5.41) is 0. The Labute approximate surface area is 89.6 Å². The lowest BCUT2D eigenvalue weighted by Crippen LogP contribution is -2.27. The highest BCUT2D eigenvalue weighted by Crippen LogP contribution is 2.25. The van der Waals surface area contributed by atoms with Gasteiger partial charge in [-0.1, -0.05) is 54.2 Å². The van der Waals surface area contributed by atoms with Crippen LogP contribution in [0.4, 0.5) is 0 Å². The molecule has 0 fully saturated rings. The van der Waals surface area contributed by atoms with Gasteiger partial charge in [-0.3, -0.25) is 4.79 Å². The molecule has 0 aliphatic heterocycles. The highest BCUT2D eigenvalue weighted by molar-refractivity contribution is 5.85. The van der Waals surface area contributed by atoms with Crippen molar-refractivity contribution in [2.45, 2.75) is 54.9 Å². The second-order valence-corrected chi connectivity index (χ2v) is 4.49. The van der Waals surface area contributed by atoms with Gasteiger partial charge in [0.25, 0.3) is 0 Å². The van der Waals surface area contributed by atoms with Crippen LogP contribution in [0.1, 0.15) is 54.9 Å². The Morgan fingerprint density at radius 1 is 1.29 bits per heavy atom. The molecule has 0 N–H and O–H groups in total. The number of hydrogen-bond donors (Lipinski definition) is 0. The fourth-order valence-electron chi connectivity index (χ4n) is 1.43. The Morgan fingerprint density at radius 2 is 1.79 bits per heavy atom. The Morgan fingerprint density at radius 3 is 2.14 bits per heavy atom. The predicted octanol–water partition coefficient (Wildman–Crippen LogP) is 4.23. The molecule has 0 bridgehead atoms. The summed E-state index contributed by atoms with van der Waals surface area (Å²) < 4.78 is 0. The van der Waals surface area contributed by atoms with E-state index in [0.29, 0.717) is 5.78 Å². The average molecular weight is 198 g/mol. The molecule has 0 aromatic heterocycles. The van der Waals surface area contributed by atoms with Crippen LogP contribution in [0.15, 0.2) is 12.2 Å². The fraction of sp³-hybridized carbons (Fsp3) is 0.769. The van der Waals surface area contributed by atoms with Gasteiger partial charge in [-0.2, -0.15) is 0 Å². The zero-order valence-electron chi connectivity index (χ0n) is 9.55. The van der Waals surface area contributed by atoms with Crippen molar-refractivity contribution in [3.8, 4) is 0 Å². The van der Waals surface area contributed by atoms with Crippen molar-refractivity contribution in [2.24, 2.45) is 11.3 Å². The third kappa shape index (κ3) is 5.21. The SMILES string of the molecule is C.CC/C=C\CC(C)(C)C(=O)C(C)C. The molecule has 0 amide bonds. The summed E-state index contributed by atoms with van der Waals surface area (Å²) in [5.74, 6) is 0.498. The molecule has 84 valence electrons. The van der Waals surface area contributed by atoms with Gasteiger partial charge in [0.1, 0.15) is 5.78 Å². The van der Waals surface area contributed by atoms with Crippen LogP contribution in [0.25, 0.3) is 0 Å². The molecule has 0 saturated carbocycles. The summed E-state index contributed by atoms with van der Waals surface area (Å²) in [6.45, 7) is 10.1. The van der Waals surface area contributed by atoms with Crippen LogP contribution in [0, 0.1) is 11.3 Å². The van der Waals surface area contributed by atoms with Crippen molar-refractivity contribution in [3.63, 3.8) is 0 Å². The molecular weight excluding hydrogens is 172 g/mol. The van der Waals surface area contributed by atoms with E-state index in [-0.39, 0.29) is 18.8 Å². The molecule has 0 saturated heterocycles. The molecule has 0 rings (SSSR count). The molecule has 0 atom stereocenters. The molecule has 0 aliphatic carbocycles. The van der Waals surface area contributed by atoms with Crippen molar-refractivity contribution in [1.29, 1.82) is 0 Å². The van der Waals surface area contributed by atoms with Gasteiger partial charge in [0, 0.05) is 11.3 Å². The first kappa shape index (κ1) is 15.9. The molecule has 0 aromatic carbocycles. The second kappa shape index (κ2) is 6.80. The summed E-state index contributed by atoms with van der Waals surface area (Å²) in [7, 11) is 0. The van der Waals surface area contributed by atoms with Crippen LogP contribution in [0.5, 0.6) is 0 Å². The van der Waals surface area contributed by atoms with Gasteiger partial charge in [0.05, 0.1) is 0 Å². The summed E-state index contributed by atoms with van der Waals surface area (Å²) >= 11 is 0. The summed E-state index contributed by atoms with van der Waals surface area (Å²) in [5.41, 5.74) is -0.195. The normalized spacial score (nSPS) is 11.9. The zero-order valence-corrected chi connectivity index (χ0v) is 9.55. The molecule has 1 nitrogen and oxygen atoms in total. The van der Waals surface area contributed by atoms with E-state index in [0.717, 1.165) is 12.8 Å². The van der Waals surface area contributed by atoms with Gasteiger partial charge < -0.3 is 0 Å². The van der Waals surface area contributed by atoms with Gasteiger partial charge in [-0.05, 0) is 12.8 Å². The number of carbonyl (C=O) groups excluding carboxylic acids is 1. The van der Waals surface area contributed by atoms with Crippen LogP contribution < -0.4 is 0 Å². The smallest absolute Gasteiger partial charge is 0.141 e. The fourth-order valence-corrected chi connectivity index (χ4v) is 1.43. The average Bonchev–Trinajstić information content (AvgIpc) is 2.03. The molecule has 0 aromatic rings. The van der Waals surface area contributed by atoms with E-state index >= 15 is 0 Å². The molecule has 0 spiro atoms. The predicted molar refractivity (Wildman–Crippen MR) is 64.4 cm³/mol. The maximum absolute atomic E-state index is 11.7. The van der Waals surface area contributed by atoms with Crippen molar-refractivity contribution in [2.75, 3.05) is 0 Å². The Bertz CT molecular complexity index is 187. The Hall–Kier alpha value is -0.590. The lowest BCUT2D eigenvalue weighted by Gasteiger charge is -2.23. The highest BCUT2D eigenvalue weighted by Gasteiger charge is 2.27. The minimum absolute atomic E-state index is 0. The van der Waals surface area contributed by atoms with E-state index in [1.54, 1.807) is 0 Å². The van der Waals surface area contributed by atoms with Crippen molar-refractivity contribution < 1.29 is 4.79 Å². The molecule has 14 heavy (non-hydrogen) atoms. The van der Waals surface area contributed by atoms with E-state index in [4.69, 9.17) is 0 Å². The monoisotopic (exact) mass is 198 g/mol. The summed E-state index contributed by atoms with van der Waals surface area (Å²) in [6, 6.07) is 0. The number of allylic oxidation sites excluding steroid dienone is 2. The second-order valence-electron chi connectivity index (χ2n) is 4.49. The van der Waals surface area contributed by atoms with Crippen LogP contribution in [-0.2, 0) is 4.79 Å². The number of Topliss-reactive ketones (excluding diaryl/α,β-unsaturated/α-hetero) is 1. The molecule has 0 aliphatic rings. The van der Waals surface area contributed by atoms with Crippen molar-refractivity contribution >= 4 is 5.78 Å². The number of hydrogen-bond acceptors (Lipinski definition) is 1. The maximum Gasteiger partial charge on any atom is 0.141 e. The largest absolute Gasteiger partial charge is 0.299 e. The molecule has 0 unspecified atom stereocenters. The van der Waals surface area contributed by atoms with Crippen molar-refractivity contribution in [1.82, 2.24) is 0 Å². The lowest BCUT2D eigenvalue weighted by molar-refractivity contribution is -0.130. The van der Waals surface area contributed by atoms with Gasteiger partial charge in [-0.15, -0.1) is 0 Å². The molecule has 0 radical (unpaired) electrons. The molecular formula is C13H26O.